The first-order valence-corrected chi connectivity index (χ1v) is 4.74. The molecule has 0 bridgehead atoms. The van der Waals surface area contributed by atoms with Crippen LogP contribution in [0.3, 0.4) is 0 Å². The predicted molar refractivity (Wildman–Crippen MR) is 52.1 cm³/mol. The minimum Gasteiger partial charge on any atom is -0.329 e. The second-order valence-electron chi connectivity index (χ2n) is 4.06. The van der Waals surface area contributed by atoms with Crippen molar-refractivity contribution in [1.82, 2.24) is 9.80 Å². The molecule has 12 heavy (non-hydrogen) atoms. The van der Waals surface area contributed by atoms with E-state index in [0.717, 1.165) is 25.0 Å². The van der Waals surface area contributed by atoms with E-state index in [1.165, 1.54) is 13.1 Å². The van der Waals surface area contributed by atoms with Gasteiger partial charge in [-0.2, -0.15) is 0 Å². The lowest BCUT2D eigenvalue weighted by molar-refractivity contribution is 0.253. The molecule has 2 unspecified atom stereocenters. The van der Waals surface area contributed by atoms with Crippen LogP contribution in [0.1, 0.15) is 6.92 Å². The Labute approximate surface area is 75.5 Å². The van der Waals surface area contributed by atoms with Crippen LogP contribution in [0.15, 0.2) is 0 Å². The minimum absolute atomic E-state index is 0.719. The monoisotopic (exact) mass is 171 g/mol. The Morgan fingerprint density at radius 2 is 2.08 bits per heavy atom. The van der Waals surface area contributed by atoms with Gasteiger partial charge < -0.3 is 15.5 Å². The average molecular weight is 171 g/mol. The molecule has 1 aliphatic rings. The summed E-state index contributed by atoms with van der Waals surface area (Å²) in [7, 11) is 4.32. The highest BCUT2D eigenvalue weighted by Crippen LogP contribution is 2.18. The second kappa shape index (κ2) is 4.21. The fourth-order valence-corrected chi connectivity index (χ4v) is 2.09. The Kier molecular flexibility index (Phi) is 3.50. The molecule has 0 amide bonds. The Balaban J connectivity index is 2.39. The van der Waals surface area contributed by atoms with Crippen molar-refractivity contribution in [2.75, 3.05) is 40.3 Å². The van der Waals surface area contributed by atoms with Crippen molar-refractivity contribution in [3.63, 3.8) is 0 Å². The Morgan fingerprint density at radius 1 is 1.42 bits per heavy atom. The summed E-state index contributed by atoms with van der Waals surface area (Å²) in [5.41, 5.74) is 5.52. The third-order valence-corrected chi connectivity index (χ3v) is 2.76. The zero-order valence-corrected chi connectivity index (χ0v) is 8.45. The molecule has 0 aromatic heterocycles. The number of hydrogen-bond donors (Lipinski definition) is 1. The zero-order chi connectivity index (χ0) is 9.14. The molecule has 3 heteroatoms. The van der Waals surface area contributed by atoms with Crippen molar-refractivity contribution in [3.8, 4) is 0 Å². The van der Waals surface area contributed by atoms with Gasteiger partial charge in [0.25, 0.3) is 0 Å². The van der Waals surface area contributed by atoms with Gasteiger partial charge in [0.15, 0.2) is 0 Å². The van der Waals surface area contributed by atoms with Crippen molar-refractivity contribution in [1.29, 1.82) is 0 Å². The summed E-state index contributed by atoms with van der Waals surface area (Å²) in [6, 6.07) is 0.719. The third kappa shape index (κ3) is 2.19. The molecular formula is C9H21N3. The van der Waals surface area contributed by atoms with E-state index in [4.69, 9.17) is 5.73 Å². The van der Waals surface area contributed by atoms with Gasteiger partial charge in [0.1, 0.15) is 0 Å². The van der Waals surface area contributed by atoms with E-state index in [1.807, 2.05) is 0 Å². The fraction of sp³-hybridized carbons (Fsp3) is 1.00. The van der Waals surface area contributed by atoms with Crippen LogP contribution < -0.4 is 5.73 Å². The highest BCUT2D eigenvalue weighted by atomic mass is 15.2. The number of hydrogen-bond acceptors (Lipinski definition) is 3. The van der Waals surface area contributed by atoms with Gasteiger partial charge in [-0.15, -0.1) is 0 Å². The summed E-state index contributed by atoms with van der Waals surface area (Å²) < 4.78 is 0. The van der Waals surface area contributed by atoms with Gasteiger partial charge in [0, 0.05) is 32.2 Å². The van der Waals surface area contributed by atoms with E-state index >= 15 is 0 Å². The van der Waals surface area contributed by atoms with Gasteiger partial charge in [-0.25, -0.2) is 0 Å². The average Bonchev–Trinajstić information content (AvgIpc) is 2.32. The van der Waals surface area contributed by atoms with E-state index in [9.17, 15) is 0 Å². The molecule has 0 aliphatic carbocycles. The number of rotatable bonds is 3. The minimum atomic E-state index is 0.719. The van der Waals surface area contributed by atoms with E-state index < -0.39 is 0 Å². The number of nitrogens with zero attached hydrogens (tertiary/aromatic N) is 2. The van der Waals surface area contributed by atoms with Crippen LogP contribution >= 0.6 is 0 Å². The van der Waals surface area contributed by atoms with Crippen molar-refractivity contribution in [3.05, 3.63) is 0 Å². The number of nitrogens with two attached hydrogens (primary N) is 1. The number of likely N-dealkylation sites (tertiary alicyclic amines) is 1. The van der Waals surface area contributed by atoms with Crippen molar-refractivity contribution < 1.29 is 0 Å². The highest BCUT2D eigenvalue weighted by molar-refractivity contribution is 4.86. The molecule has 0 aromatic carbocycles. The molecule has 2 N–H and O–H groups in total. The van der Waals surface area contributed by atoms with Crippen molar-refractivity contribution in [2.45, 2.75) is 13.0 Å². The Morgan fingerprint density at radius 3 is 2.50 bits per heavy atom. The Bertz CT molecular complexity index is 136. The van der Waals surface area contributed by atoms with Crippen LogP contribution in [0, 0.1) is 5.92 Å². The summed E-state index contributed by atoms with van der Waals surface area (Å²) in [5, 5.41) is 0. The van der Waals surface area contributed by atoms with E-state index in [0.29, 0.717) is 0 Å². The number of likely N-dealkylation sites (N-methyl/N-ethyl adjacent to an activating group) is 1. The maximum atomic E-state index is 5.52. The van der Waals surface area contributed by atoms with E-state index in [2.05, 4.69) is 30.8 Å². The first-order valence-electron chi connectivity index (χ1n) is 4.74. The molecule has 0 aromatic rings. The molecule has 0 saturated carbocycles. The van der Waals surface area contributed by atoms with Gasteiger partial charge in [0.05, 0.1) is 0 Å². The zero-order valence-electron chi connectivity index (χ0n) is 8.45. The molecule has 1 heterocycles. The maximum Gasteiger partial charge on any atom is 0.0254 e. The molecule has 72 valence electrons. The molecule has 2 atom stereocenters. The highest BCUT2D eigenvalue weighted by Gasteiger charge is 2.29. The lowest BCUT2D eigenvalue weighted by Crippen LogP contribution is -2.35. The van der Waals surface area contributed by atoms with Crippen LogP contribution in [-0.2, 0) is 0 Å². The van der Waals surface area contributed by atoms with E-state index in [-0.39, 0.29) is 0 Å². The second-order valence-corrected chi connectivity index (χ2v) is 4.06. The standard InChI is InChI=1S/C9H21N3/c1-8-6-12(5-4-10)7-9(8)11(2)3/h8-9H,4-7,10H2,1-3H3. The maximum absolute atomic E-state index is 5.52. The summed E-state index contributed by atoms with van der Waals surface area (Å²) in [5.74, 6) is 0.784. The van der Waals surface area contributed by atoms with Crippen LogP contribution in [0.5, 0.6) is 0 Å². The Hall–Kier alpha value is -0.120. The first-order chi connectivity index (χ1) is 5.65. The summed E-state index contributed by atoms with van der Waals surface area (Å²) in [6.07, 6.45) is 0. The van der Waals surface area contributed by atoms with Gasteiger partial charge >= 0.3 is 0 Å². The fourth-order valence-electron chi connectivity index (χ4n) is 2.09. The van der Waals surface area contributed by atoms with Crippen LogP contribution in [0.2, 0.25) is 0 Å². The largest absolute Gasteiger partial charge is 0.329 e. The summed E-state index contributed by atoms with van der Waals surface area (Å²) in [4.78, 5) is 4.77. The van der Waals surface area contributed by atoms with Crippen LogP contribution in [-0.4, -0.2) is 56.1 Å². The van der Waals surface area contributed by atoms with E-state index in [1.54, 1.807) is 0 Å². The van der Waals surface area contributed by atoms with Gasteiger partial charge in [-0.05, 0) is 20.0 Å². The lowest BCUT2D eigenvalue weighted by Gasteiger charge is -2.22. The molecule has 1 aliphatic heterocycles. The van der Waals surface area contributed by atoms with Gasteiger partial charge in [-0.3, -0.25) is 0 Å². The molecule has 3 nitrogen and oxygen atoms in total. The molecule has 0 radical (unpaired) electrons. The normalized spacial score (nSPS) is 31.8. The third-order valence-electron chi connectivity index (χ3n) is 2.76. The van der Waals surface area contributed by atoms with Gasteiger partial charge in [-0.1, -0.05) is 6.92 Å². The molecular weight excluding hydrogens is 150 g/mol. The smallest absolute Gasteiger partial charge is 0.0254 e. The molecule has 0 spiro atoms. The van der Waals surface area contributed by atoms with Crippen molar-refractivity contribution in [2.24, 2.45) is 11.7 Å². The molecule has 1 rings (SSSR count). The quantitative estimate of drug-likeness (QED) is 0.640. The molecule has 1 fully saturated rings. The molecule has 1 saturated heterocycles. The van der Waals surface area contributed by atoms with Gasteiger partial charge in [0.2, 0.25) is 0 Å². The van der Waals surface area contributed by atoms with Crippen LogP contribution in [0.25, 0.3) is 0 Å². The first kappa shape index (κ1) is 9.96. The lowest BCUT2D eigenvalue weighted by atomic mass is 10.1. The predicted octanol–water partition coefficient (Wildman–Crippen LogP) is -0.173. The topological polar surface area (TPSA) is 32.5 Å². The summed E-state index contributed by atoms with van der Waals surface area (Å²) >= 11 is 0. The van der Waals surface area contributed by atoms with Crippen LogP contribution in [0.4, 0.5) is 0 Å². The van der Waals surface area contributed by atoms with Crippen molar-refractivity contribution >= 4 is 0 Å². The SMILES string of the molecule is CC1CN(CCN)CC1N(C)C. The summed E-state index contributed by atoms with van der Waals surface area (Å²) in [6.45, 7) is 6.55.